The van der Waals surface area contributed by atoms with Gasteiger partial charge in [-0.3, -0.25) is 5.43 Å². The molecule has 2 aromatic rings. The summed E-state index contributed by atoms with van der Waals surface area (Å²) in [5, 5.41) is 2.38. The van der Waals surface area contributed by atoms with E-state index in [1.54, 1.807) is 0 Å². The zero-order valence-corrected chi connectivity index (χ0v) is 13.8. The molecule has 0 radical (unpaired) electrons. The van der Waals surface area contributed by atoms with E-state index < -0.39 is 0 Å². The van der Waals surface area contributed by atoms with Crippen molar-refractivity contribution in [3.05, 3.63) is 77.9 Å². The van der Waals surface area contributed by atoms with Crippen LogP contribution in [-0.4, -0.2) is 18.1 Å². The molecule has 0 amide bonds. The summed E-state index contributed by atoms with van der Waals surface area (Å²) in [6, 6.07) is 19.1. The van der Waals surface area contributed by atoms with Gasteiger partial charge in [-0.05, 0) is 35.1 Å². The van der Waals surface area contributed by atoms with Crippen molar-refractivity contribution in [2.24, 2.45) is 0 Å². The molecule has 0 atom stereocenters. The summed E-state index contributed by atoms with van der Waals surface area (Å²) >= 11 is 0. The molecule has 0 bridgehead atoms. The van der Waals surface area contributed by atoms with Crippen molar-refractivity contribution in [3.8, 4) is 0 Å². The van der Waals surface area contributed by atoms with Gasteiger partial charge in [0, 0.05) is 19.6 Å². The van der Waals surface area contributed by atoms with Crippen molar-refractivity contribution in [2.75, 3.05) is 13.1 Å². The Morgan fingerprint density at radius 1 is 0.826 bits per heavy atom. The molecule has 1 aliphatic heterocycles. The van der Waals surface area contributed by atoms with Gasteiger partial charge in [-0.2, -0.15) is 0 Å². The maximum absolute atomic E-state index is 4.23. The first kappa shape index (κ1) is 16.0. The van der Waals surface area contributed by atoms with E-state index >= 15 is 0 Å². The van der Waals surface area contributed by atoms with Crippen molar-refractivity contribution in [3.63, 3.8) is 0 Å². The first-order valence-electron chi connectivity index (χ1n) is 8.65. The first-order valence-corrected chi connectivity index (χ1v) is 8.65. The van der Waals surface area contributed by atoms with Crippen LogP contribution >= 0.6 is 0 Å². The van der Waals surface area contributed by atoms with Crippen molar-refractivity contribution >= 4 is 5.57 Å². The number of nitrogens with zero attached hydrogens (tertiary/aromatic N) is 1. The first-order chi connectivity index (χ1) is 11.3. The maximum atomic E-state index is 4.23. The molecule has 0 saturated carbocycles. The van der Waals surface area contributed by atoms with Gasteiger partial charge in [-0.25, -0.2) is 5.01 Å². The van der Waals surface area contributed by atoms with E-state index in [9.17, 15) is 0 Å². The highest BCUT2D eigenvalue weighted by molar-refractivity contribution is 5.77. The summed E-state index contributed by atoms with van der Waals surface area (Å²) in [5.74, 6) is 0. The summed E-state index contributed by atoms with van der Waals surface area (Å²) < 4.78 is 0. The van der Waals surface area contributed by atoms with Crippen molar-refractivity contribution in [2.45, 2.75) is 32.2 Å². The molecule has 1 aliphatic rings. The summed E-state index contributed by atoms with van der Waals surface area (Å²) in [6.45, 7) is 7.47. The Morgan fingerprint density at radius 2 is 1.43 bits per heavy atom. The Morgan fingerprint density at radius 3 is 2.09 bits per heavy atom. The predicted molar refractivity (Wildman–Crippen MR) is 97.9 cm³/mol. The van der Waals surface area contributed by atoms with Crippen LogP contribution in [0.5, 0.6) is 0 Å². The van der Waals surface area contributed by atoms with Crippen LogP contribution in [0.4, 0.5) is 0 Å². The quantitative estimate of drug-likeness (QED) is 0.866. The third-order valence-electron chi connectivity index (χ3n) is 4.54. The van der Waals surface area contributed by atoms with E-state index in [-0.39, 0.29) is 0 Å². The molecule has 2 aromatic carbocycles. The fourth-order valence-corrected chi connectivity index (χ4v) is 3.06. The molecule has 0 unspecified atom stereocenters. The van der Waals surface area contributed by atoms with Crippen molar-refractivity contribution < 1.29 is 0 Å². The minimum absolute atomic E-state index is 0.901. The average molecular weight is 306 g/mol. The minimum atomic E-state index is 0.901. The monoisotopic (exact) mass is 306 g/mol. The zero-order valence-electron chi connectivity index (χ0n) is 13.8. The molecule has 23 heavy (non-hydrogen) atoms. The third kappa shape index (κ3) is 4.54. The number of rotatable bonds is 5. The van der Waals surface area contributed by atoms with Crippen LogP contribution < -0.4 is 5.43 Å². The van der Waals surface area contributed by atoms with Crippen LogP contribution in [0, 0.1) is 0 Å². The summed E-state index contributed by atoms with van der Waals surface area (Å²) in [6.07, 6.45) is 5.36. The second-order valence-corrected chi connectivity index (χ2v) is 6.28. The summed E-state index contributed by atoms with van der Waals surface area (Å²) in [7, 11) is 0. The molecule has 2 heteroatoms. The Hall–Kier alpha value is -1.90. The van der Waals surface area contributed by atoms with Crippen LogP contribution in [-0.2, 0) is 6.54 Å². The zero-order chi connectivity index (χ0) is 15.9. The van der Waals surface area contributed by atoms with Gasteiger partial charge in [-0.15, -0.1) is 0 Å². The van der Waals surface area contributed by atoms with E-state index in [0.717, 1.165) is 12.1 Å². The molecule has 3 rings (SSSR count). The lowest BCUT2D eigenvalue weighted by Crippen LogP contribution is -2.38. The average Bonchev–Trinajstić information content (AvgIpc) is 2.89. The molecule has 1 N–H and O–H groups in total. The van der Waals surface area contributed by atoms with Gasteiger partial charge in [0.2, 0.25) is 0 Å². The Bertz CT molecular complexity index is 608. The Kier molecular flexibility index (Phi) is 5.62. The molecule has 1 fully saturated rings. The molecule has 120 valence electrons. The second kappa shape index (κ2) is 8.09. The number of nitrogens with one attached hydrogen (secondary N) is 1. The number of hydrogen-bond donors (Lipinski definition) is 1. The SMILES string of the molecule is C=C(c1ccccc1)c1ccc(CNN2CCCCCC2)cc1. The lowest BCUT2D eigenvalue weighted by Gasteiger charge is -2.21. The van der Waals surface area contributed by atoms with E-state index in [4.69, 9.17) is 0 Å². The topological polar surface area (TPSA) is 15.3 Å². The normalized spacial score (nSPS) is 16.0. The standard InChI is InChI=1S/C21H26N2/c1-18(20-9-5-4-6-10-20)21-13-11-19(12-14-21)17-22-23-15-7-2-3-8-16-23/h4-6,9-14,22H,1-3,7-8,15-17H2. The van der Waals surface area contributed by atoms with E-state index in [0.29, 0.717) is 0 Å². The van der Waals surface area contributed by atoms with Crippen molar-refractivity contribution in [1.82, 2.24) is 10.4 Å². The molecule has 1 heterocycles. The van der Waals surface area contributed by atoms with Crippen LogP contribution in [0.3, 0.4) is 0 Å². The number of benzene rings is 2. The summed E-state index contributed by atoms with van der Waals surface area (Å²) in [4.78, 5) is 0. The lowest BCUT2D eigenvalue weighted by molar-refractivity contribution is 0.191. The lowest BCUT2D eigenvalue weighted by atomic mass is 9.99. The van der Waals surface area contributed by atoms with Gasteiger partial charge in [0.25, 0.3) is 0 Å². The molecular formula is C21H26N2. The van der Waals surface area contributed by atoms with E-state index in [2.05, 4.69) is 65.5 Å². The fraction of sp³-hybridized carbons (Fsp3) is 0.333. The Labute approximate surface area is 139 Å². The van der Waals surface area contributed by atoms with Crippen LogP contribution in [0.1, 0.15) is 42.4 Å². The van der Waals surface area contributed by atoms with Gasteiger partial charge in [0.15, 0.2) is 0 Å². The van der Waals surface area contributed by atoms with Gasteiger partial charge in [0.05, 0.1) is 0 Å². The molecule has 0 spiro atoms. The largest absolute Gasteiger partial charge is 0.251 e. The van der Waals surface area contributed by atoms with Crippen LogP contribution in [0.2, 0.25) is 0 Å². The van der Waals surface area contributed by atoms with Crippen LogP contribution in [0.15, 0.2) is 61.2 Å². The highest BCUT2D eigenvalue weighted by Crippen LogP contribution is 2.21. The number of hydrazine groups is 1. The second-order valence-electron chi connectivity index (χ2n) is 6.28. The highest BCUT2D eigenvalue weighted by Gasteiger charge is 2.08. The number of hydrogen-bond acceptors (Lipinski definition) is 2. The van der Waals surface area contributed by atoms with Crippen LogP contribution in [0.25, 0.3) is 5.57 Å². The van der Waals surface area contributed by atoms with E-state index in [1.807, 2.05) is 6.07 Å². The smallest absolute Gasteiger partial charge is 0.0353 e. The van der Waals surface area contributed by atoms with Gasteiger partial charge in [0.1, 0.15) is 0 Å². The minimum Gasteiger partial charge on any atom is -0.251 e. The van der Waals surface area contributed by atoms with E-state index in [1.165, 1.54) is 55.5 Å². The molecule has 0 aromatic heterocycles. The summed E-state index contributed by atoms with van der Waals surface area (Å²) in [5.41, 5.74) is 8.34. The molecule has 2 nitrogen and oxygen atoms in total. The Balaban J connectivity index is 1.57. The van der Waals surface area contributed by atoms with Gasteiger partial charge >= 0.3 is 0 Å². The molecular weight excluding hydrogens is 280 g/mol. The molecule has 0 aliphatic carbocycles. The van der Waals surface area contributed by atoms with Crippen molar-refractivity contribution in [1.29, 1.82) is 0 Å². The van der Waals surface area contributed by atoms with Gasteiger partial charge < -0.3 is 0 Å². The fourth-order valence-electron chi connectivity index (χ4n) is 3.06. The van der Waals surface area contributed by atoms with Gasteiger partial charge in [-0.1, -0.05) is 74.0 Å². The maximum Gasteiger partial charge on any atom is 0.0353 e. The highest BCUT2D eigenvalue weighted by atomic mass is 15.5. The third-order valence-corrected chi connectivity index (χ3v) is 4.54. The molecule has 1 saturated heterocycles. The predicted octanol–water partition coefficient (Wildman–Crippen LogP) is 4.63.